The number of aliphatic carboxylic acids is 1. The summed E-state index contributed by atoms with van der Waals surface area (Å²) >= 11 is 0. The lowest BCUT2D eigenvalue weighted by Crippen LogP contribution is -2.32. The van der Waals surface area contributed by atoms with E-state index >= 15 is 0 Å². The smallest absolute Gasteiger partial charge is 0.335 e. The summed E-state index contributed by atoms with van der Waals surface area (Å²) in [7, 11) is 0. The molecule has 2 N–H and O–H groups in total. The standard InChI is InChI=1S/C4H6FN3O3/c5-2(1-7-8-6)3(9)4(10)11/h2-3,9H,1H2,(H,10,11). The van der Waals surface area contributed by atoms with E-state index in [1.807, 2.05) is 0 Å². The molecule has 0 amide bonds. The highest BCUT2D eigenvalue weighted by atomic mass is 19.1. The number of azide groups is 1. The van der Waals surface area contributed by atoms with Crippen LogP contribution < -0.4 is 0 Å². The van der Waals surface area contributed by atoms with Crippen molar-refractivity contribution in [1.82, 2.24) is 0 Å². The molecule has 6 nitrogen and oxygen atoms in total. The zero-order valence-electron chi connectivity index (χ0n) is 5.38. The van der Waals surface area contributed by atoms with Gasteiger partial charge in [-0.2, -0.15) is 0 Å². The Morgan fingerprint density at radius 1 is 1.82 bits per heavy atom. The number of carboxylic acids is 1. The summed E-state index contributed by atoms with van der Waals surface area (Å²) in [5.41, 5.74) is 7.70. The average molecular weight is 163 g/mol. The van der Waals surface area contributed by atoms with Crippen LogP contribution in [-0.4, -0.2) is 35.0 Å². The Balaban J connectivity index is 3.91. The first-order valence-corrected chi connectivity index (χ1v) is 2.65. The maximum Gasteiger partial charge on any atom is 0.335 e. The van der Waals surface area contributed by atoms with Crippen LogP contribution in [0.3, 0.4) is 0 Å². The second kappa shape index (κ2) is 4.48. The van der Waals surface area contributed by atoms with Crippen LogP contribution >= 0.6 is 0 Å². The highest BCUT2D eigenvalue weighted by Gasteiger charge is 2.24. The molecule has 0 aliphatic carbocycles. The number of alkyl halides is 1. The zero-order valence-corrected chi connectivity index (χ0v) is 5.38. The molecule has 62 valence electrons. The lowest BCUT2D eigenvalue weighted by molar-refractivity contribution is -0.149. The van der Waals surface area contributed by atoms with Gasteiger partial charge < -0.3 is 10.2 Å². The van der Waals surface area contributed by atoms with Crippen LogP contribution in [-0.2, 0) is 4.79 Å². The third-order valence-corrected chi connectivity index (χ3v) is 0.915. The lowest BCUT2D eigenvalue weighted by atomic mass is 10.2. The molecular formula is C4H6FN3O3. The fourth-order valence-corrected chi connectivity index (χ4v) is 0.369. The Kier molecular flexibility index (Phi) is 3.94. The fourth-order valence-electron chi connectivity index (χ4n) is 0.369. The van der Waals surface area contributed by atoms with Crippen LogP contribution in [0, 0.1) is 0 Å². The van der Waals surface area contributed by atoms with Crippen LogP contribution in [0.15, 0.2) is 5.11 Å². The molecule has 0 aliphatic heterocycles. The number of hydrogen-bond acceptors (Lipinski definition) is 3. The van der Waals surface area contributed by atoms with Gasteiger partial charge in [-0.25, -0.2) is 9.18 Å². The predicted octanol–water partition coefficient (Wildman–Crippen LogP) is 0.0803. The summed E-state index contributed by atoms with van der Waals surface area (Å²) in [4.78, 5) is 12.1. The van der Waals surface area contributed by atoms with Crippen molar-refractivity contribution in [3.63, 3.8) is 0 Å². The Morgan fingerprint density at radius 2 is 2.36 bits per heavy atom. The van der Waals surface area contributed by atoms with Gasteiger partial charge in [0.25, 0.3) is 0 Å². The quantitative estimate of drug-likeness (QED) is 0.348. The summed E-state index contributed by atoms with van der Waals surface area (Å²) < 4.78 is 12.3. The van der Waals surface area contributed by atoms with E-state index in [-0.39, 0.29) is 0 Å². The van der Waals surface area contributed by atoms with E-state index in [0.717, 1.165) is 0 Å². The highest BCUT2D eigenvalue weighted by Crippen LogP contribution is 1.99. The van der Waals surface area contributed by atoms with Crippen molar-refractivity contribution in [3.8, 4) is 0 Å². The molecule has 0 fully saturated rings. The van der Waals surface area contributed by atoms with E-state index in [0.29, 0.717) is 0 Å². The van der Waals surface area contributed by atoms with Gasteiger partial charge in [-0.1, -0.05) is 5.11 Å². The minimum absolute atomic E-state index is 0.677. The normalized spacial score (nSPS) is 14.7. The molecule has 0 heterocycles. The zero-order chi connectivity index (χ0) is 8.85. The summed E-state index contributed by atoms with van der Waals surface area (Å²) in [5.74, 6) is -1.68. The second-order valence-electron chi connectivity index (χ2n) is 1.71. The molecule has 2 atom stereocenters. The van der Waals surface area contributed by atoms with E-state index < -0.39 is 24.8 Å². The van der Waals surface area contributed by atoms with Crippen molar-refractivity contribution in [2.45, 2.75) is 12.3 Å². The molecule has 0 aromatic carbocycles. The lowest BCUT2D eigenvalue weighted by Gasteiger charge is -2.07. The van der Waals surface area contributed by atoms with Gasteiger partial charge in [0.05, 0.1) is 6.54 Å². The second-order valence-corrected chi connectivity index (χ2v) is 1.71. The Labute approximate surface area is 60.9 Å². The van der Waals surface area contributed by atoms with E-state index in [1.165, 1.54) is 0 Å². The SMILES string of the molecule is [N-]=[N+]=NCC(F)C(O)C(=O)O. The maximum atomic E-state index is 12.3. The summed E-state index contributed by atoms with van der Waals surface area (Å²) in [6, 6.07) is 0. The first kappa shape index (κ1) is 9.67. The van der Waals surface area contributed by atoms with Crippen molar-refractivity contribution in [2.75, 3.05) is 6.54 Å². The number of halogens is 1. The van der Waals surface area contributed by atoms with Crippen molar-refractivity contribution in [1.29, 1.82) is 0 Å². The molecule has 0 spiro atoms. The van der Waals surface area contributed by atoms with Gasteiger partial charge in [-0.15, -0.1) is 0 Å². The molecule has 2 unspecified atom stereocenters. The van der Waals surface area contributed by atoms with Gasteiger partial charge in [0.1, 0.15) is 6.17 Å². The number of aliphatic hydroxyl groups excluding tert-OH is 1. The molecule has 0 rings (SSSR count). The van der Waals surface area contributed by atoms with Gasteiger partial charge in [0.15, 0.2) is 6.10 Å². The molecule has 0 saturated heterocycles. The molecule has 0 saturated carbocycles. The van der Waals surface area contributed by atoms with Gasteiger partial charge in [-0.3, -0.25) is 0 Å². The molecule has 0 aromatic heterocycles. The Hall–Kier alpha value is -1.33. The number of nitrogens with zero attached hydrogens (tertiary/aromatic N) is 3. The van der Waals surface area contributed by atoms with Gasteiger partial charge in [0.2, 0.25) is 0 Å². The predicted molar refractivity (Wildman–Crippen MR) is 32.6 cm³/mol. The summed E-state index contributed by atoms with van der Waals surface area (Å²) in [6.07, 6.45) is -4.18. The van der Waals surface area contributed by atoms with Gasteiger partial charge in [-0.05, 0) is 5.53 Å². The largest absolute Gasteiger partial charge is 0.479 e. The number of rotatable bonds is 4. The van der Waals surface area contributed by atoms with E-state index in [9.17, 15) is 9.18 Å². The van der Waals surface area contributed by atoms with E-state index in [4.69, 9.17) is 15.7 Å². The average Bonchev–Trinajstić information content (AvgIpc) is 1.98. The number of aliphatic hydroxyl groups is 1. The third-order valence-electron chi connectivity index (χ3n) is 0.915. The third kappa shape index (κ3) is 3.39. The van der Waals surface area contributed by atoms with Crippen LogP contribution in [0.5, 0.6) is 0 Å². The summed E-state index contributed by atoms with van der Waals surface area (Å²) in [6.45, 7) is -0.677. The molecule has 0 bridgehead atoms. The Bertz CT molecular complexity index is 191. The monoisotopic (exact) mass is 163 g/mol. The van der Waals surface area contributed by atoms with Crippen LogP contribution in [0.4, 0.5) is 4.39 Å². The molecule has 0 radical (unpaired) electrons. The van der Waals surface area contributed by atoms with Crippen molar-refractivity contribution < 1.29 is 19.4 Å². The van der Waals surface area contributed by atoms with Gasteiger partial charge >= 0.3 is 5.97 Å². The van der Waals surface area contributed by atoms with Crippen LogP contribution in [0.25, 0.3) is 10.4 Å². The van der Waals surface area contributed by atoms with Crippen LogP contribution in [0.1, 0.15) is 0 Å². The van der Waals surface area contributed by atoms with Crippen molar-refractivity contribution in [2.24, 2.45) is 5.11 Å². The number of carboxylic acid groups (broad SMARTS) is 1. The maximum absolute atomic E-state index is 12.3. The molecular weight excluding hydrogens is 157 g/mol. The Morgan fingerprint density at radius 3 is 2.73 bits per heavy atom. The van der Waals surface area contributed by atoms with E-state index in [1.54, 1.807) is 0 Å². The fraction of sp³-hybridized carbons (Fsp3) is 0.750. The van der Waals surface area contributed by atoms with Crippen LogP contribution in [0.2, 0.25) is 0 Å². The molecule has 0 aromatic rings. The van der Waals surface area contributed by atoms with Crippen molar-refractivity contribution >= 4 is 5.97 Å². The van der Waals surface area contributed by atoms with E-state index in [2.05, 4.69) is 10.0 Å². The number of hydrogen-bond donors (Lipinski definition) is 2. The molecule has 0 aliphatic rings. The first-order valence-electron chi connectivity index (χ1n) is 2.65. The van der Waals surface area contributed by atoms with Crippen molar-refractivity contribution in [3.05, 3.63) is 10.4 Å². The minimum atomic E-state index is -2.12. The highest BCUT2D eigenvalue weighted by molar-refractivity contribution is 5.72. The molecule has 11 heavy (non-hydrogen) atoms. The van der Waals surface area contributed by atoms with Gasteiger partial charge in [0, 0.05) is 4.91 Å². The number of carbonyl (C=O) groups is 1. The first-order chi connectivity index (χ1) is 5.09. The minimum Gasteiger partial charge on any atom is -0.479 e. The molecule has 7 heteroatoms. The summed E-state index contributed by atoms with van der Waals surface area (Å²) in [5, 5.41) is 19.2. The topological polar surface area (TPSA) is 106 Å².